The lowest BCUT2D eigenvalue weighted by molar-refractivity contribution is -0.172. The van der Waals surface area contributed by atoms with Crippen LogP contribution in [-0.2, 0) is 68.9 Å². The van der Waals surface area contributed by atoms with Gasteiger partial charge in [-0.05, 0) is 122 Å². The molecule has 2 N–H and O–H groups in total. The fourth-order valence-electron chi connectivity index (χ4n) is 6.72. The van der Waals surface area contributed by atoms with Gasteiger partial charge in [0.15, 0.2) is 6.10 Å². The van der Waals surface area contributed by atoms with E-state index in [-0.39, 0.29) is 49.1 Å². The van der Waals surface area contributed by atoms with E-state index in [2.05, 4.69) is 0 Å². The number of hydrogen-bond acceptors (Lipinski definition) is 13. The Hall–Kier alpha value is -6.74. The summed E-state index contributed by atoms with van der Waals surface area (Å²) in [6.45, 7) is 16.9. The summed E-state index contributed by atoms with van der Waals surface area (Å²) in [4.78, 5) is 75.4. The number of aliphatic hydroxyl groups excluding tert-OH is 1. The van der Waals surface area contributed by atoms with E-state index in [0.717, 1.165) is 26.5 Å². The standard InChI is InChI=1S/C29H35F4NO6S.C17H18O3.C12H22FNO4.29H2/c1-27(2,3)40-26(37)34(6)22(17-28(4,5)30)24(35)39-23(25(36)38-18-20-10-8-7-9-11-20)16-19-12-14-21(15-13-19)41-29(31,32)33;1-13-7-9-14(10-8-13)11-16(18)17(19)20-12-15-5-3-2-4-6-15;1-11(2,3)18-10(17)14(6)8(9(15)16)7-12(4,5)13;;;;;;;;;;;;;;;;;;;;;;;;;;;;;/h7-15,22-23H,16-18H2,1-6H3;2-10,16,18H,11-12H2,1H3;8H,7H2,1-6H3,(H,15,16);29*1H/t22-,23+;16-;8-;;;;;;;;;;;;;;;;;;;;;;;;;;;;;/m000............................./s1/i;;;29*1+1D. The predicted octanol–water partition coefficient (Wildman–Crippen LogP) is 19.1. The number of carboxylic acid groups (broad SMARTS) is 1. The number of nitrogens with zero attached hydrogens (tertiary/aromatic N) is 2. The predicted molar refractivity (Wildman–Crippen MR) is 349 cm³/mol. The Balaban J connectivity index is -0.0000000409. The van der Waals surface area contributed by atoms with Crippen molar-refractivity contribution in [1.82, 2.24) is 9.80 Å². The lowest BCUT2D eigenvalue weighted by Crippen LogP contribution is -2.49. The van der Waals surface area contributed by atoms with Gasteiger partial charge in [0.1, 0.15) is 47.8 Å². The number of rotatable bonds is 20. The van der Waals surface area contributed by atoms with Gasteiger partial charge in [0.25, 0.3) is 0 Å². The number of esters is 3. The molecule has 0 spiro atoms. The van der Waals surface area contributed by atoms with Gasteiger partial charge in [-0.1, -0.05) is 103 Å². The average Bonchev–Trinajstić information content (AvgIpc) is 0.831. The number of hydrogen-bond donors (Lipinski definition) is 2. The summed E-state index contributed by atoms with van der Waals surface area (Å²) >= 11 is -0.292. The Labute approximate surface area is 553 Å². The fraction of sp³-hybridized carbons (Fsp3) is 0.483. The maximum atomic E-state index is 14.7. The lowest BCUT2D eigenvalue weighted by Gasteiger charge is -2.32. The molecule has 0 aliphatic heterocycles. The van der Waals surface area contributed by atoms with Crippen LogP contribution < -0.4 is 0 Å². The highest BCUT2D eigenvalue weighted by Crippen LogP contribution is 2.37. The van der Waals surface area contributed by atoms with Crippen molar-refractivity contribution in [3.8, 4) is 0 Å². The summed E-state index contributed by atoms with van der Waals surface area (Å²) < 4.78 is 383. The molecule has 0 bridgehead atoms. The number of carbonyl (C=O) groups excluding carboxylic acids is 5. The molecule has 0 aliphatic carbocycles. The number of aliphatic carboxylic acids is 1. The van der Waals surface area contributed by atoms with E-state index in [1.165, 1.54) is 66.1 Å². The Bertz CT molecular complexity index is 2680. The minimum absolute atomic E-state index is 0.0642. The van der Waals surface area contributed by atoms with E-state index in [1.54, 1.807) is 71.9 Å². The number of benzene rings is 4. The van der Waals surface area contributed by atoms with E-state index in [1.807, 2.05) is 61.5 Å². The number of carbonyl (C=O) groups is 6. The van der Waals surface area contributed by atoms with Crippen LogP contribution in [0.3, 0.4) is 0 Å². The Morgan fingerprint density at radius 3 is 1.35 bits per heavy atom. The van der Waals surface area contributed by atoms with Gasteiger partial charge >= 0.3 is 41.6 Å². The first-order valence-electron chi connectivity index (χ1n) is 54.0. The molecule has 4 aromatic carbocycles. The number of alkyl halides is 5. The van der Waals surface area contributed by atoms with Gasteiger partial charge in [0.2, 0.25) is 6.10 Å². The van der Waals surface area contributed by atoms with Gasteiger partial charge < -0.3 is 33.9 Å². The summed E-state index contributed by atoms with van der Waals surface area (Å²) in [7, 11) is 2.55. The highest BCUT2D eigenvalue weighted by molar-refractivity contribution is 8.00. The van der Waals surface area contributed by atoms with Crippen LogP contribution in [0.25, 0.3) is 0 Å². The van der Waals surface area contributed by atoms with Crippen LogP contribution in [0.5, 0.6) is 0 Å². The first-order chi connectivity index (χ1) is 65.3. The van der Waals surface area contributed by atoms with Crippen LogP contribution in [0.15, 0.2) is 114 Å². The van der Waals surface area contributed by atoms with Gasteiger partial charge in [-0.15, -0.1) is 0 Å². The van der Waals surface area contributed by atoms with Gasteiger partial charge in [-0.25, -0.2) is 37.5 Å². The van der Waals surface area contributed by atoms with Crippen molar-refractivity contribution < 1.29 is 171 Å². The highest BCUT2D eigenvalue weighted by Gasteiger charge is 2.39. The van der Waals surface area contributed by atoms with Crippen molar-refractivity contribution in [1.29, 1.82) is 0 Å². The molecular formula is C58H133F5N2O13S. The van der Waals surface area contributed by atoms with Crippen molar-refractivity contribution in [3.05, 3.63) is 137 Å². The van der Waals surface area contributed by atoms with Crippen molar-refractivity contribution in [2.24, 2.45) is 0 Å². The molecule has 15 nitrogen and oxygen atoms in total. The number of carboxylic acids is 1. The summed E-state index contributed by atoms with van der Waals surface area (Å²) in [5.41, 5.74) is -5.66. The first kappa shape index (κ1) is 35.1. The zero-order valence-corrected chi connectivity index (χ0v) is 47.8. The van der Waals surface area contributed by atoms with Crippen LogP contribution in [0.1, 0.15) is 196 Å². The molecule has 21 heteroatoms. The largest absolute Gasteiger partial charge is 0.480 e. The Morgan fingerprint density at radius 1 is 0.557 bits per heavy atom. The molecule has 0 saturated carbocycles. The summed E-state index contributed by atoms with van der Waals surface area (Å²) in [5, 5.41) is 18.9. The van der Waals surface area contributed by atoms with Crippen LogP contribution in [0.4, 0.5) is 31.5 Å². The molecule has 0 aromatic heterocycles. The summed E-state index contributed by atoms with van der Waals surface area (Å²) in [6, 6.07) is 28.3. The number of likely N-dealkylation sites (N-methyl/N-ethyl adjacent to an activating group) is 2. The van der Waals surface area contributed by atoms with Crippen molar-refractivity contribution in [2.75, 3.05) is 14.1 Å². The van der Waals surface area contributed by atoms with Gasteiger partial charge in [-0.2, -0.15) is 13.2 Å². The Kier molecular flexibility index (Phi) is 13.6. The zero-order valence-electron chi connectivity index (χ0n) is 105. The lowest BCUT2D eigenvalue weighted by atomic mass is 10.00. The zero-order chi connectivity index (χ0) is 118. The molecule has 0 heterocycles. The molecule has 0 fully saturated rings. The topological polar surface area (TPSA) is 196 Å². The molecule has 0 saturated heterocycles. The SMILES string of the molecule is CN(C(=O)OC(C)(C)C)[C@@H](CC(C)(C)F)C(=O)O.CN(C(=O)OC(C)(C)C)[C@@H](CC(C)(C)F)C(=O)O[C@H](Cc1ccc(SC(F)(F)F)cc1)C(=O)OCc1ccccc1.Cc1ccc(C[C@H](O)C(=O)OCc2ccccc2)cc1.[2H][2H].[2H][2H].[2H][2H].[2H][2H].[2H][2H].[2H][2H].[2H][2H].[2H][2H].[2H][2H].[2H][2H].[2H][2H].[2H][2H].[2H][2H].[2H][2H].[2H][2H].[2H][2H].[2H][2H].[2H][2H].[2H][2H].[2H][2H].[2H][2H].[2H][2H].[2H][2H].[2H][2H].[2H][2H].[2H][2H].[2H][2H].[2H][2H].[2H][2H]. The normalized spacial score (nSPS) is 16.2. The number of thioether (sulfide) groups is 1. The van der Waals surface area contributed by atoms with E-state index >= 15 is 0 Å². The second-order valence-electron chi connectivity index (χ2n) is 21.6. The molecule has 79 heavy (non-hydrogen) atoms. The van der Waals surface area contributed by atoms with Crippen molar-refractivity contribution in [3.63, 3.8) is 0 Å². The smallest absolute Gasteiger partial charge is 0.446 e. The van der Waals surface area contributed by atoms with Crippen LogP contribution in [0.2, 0.25) is 0 Å². The summed E-state index contributed by atoms with van der Waals surface area (Å²) in [5.74, 6) is -3.84. The highest BCUT2D eigenvalue weighted by atomic mass is 32.2. The third-order valence-electron chi connectivity index (χ3n) is 10.6. The van der Waals surface area contributed by atoms with E-state index in [4.69, 9.17) is 115 Å². The minimum Gasteiger partial charge on any atom is -0.480 e. The maximum absolute atomic E-state index is 14.7. The molecular weight excluding hydrogens is 1060 g/mol. The second-order valence-corrected chi connectivity index (χ2v) is 22.7. The monoisotopic (exact) mass is 1250 g/mol. The van der Waals surface area contributed by atoms with Gasteiger partial charge in [-0.3, -0.25) is 9.80 Å². The molecule has 0 radical (unpaired) electrons. The van der Waals surface area contributed by atoms with Crippen LogP contribution >= 0.6 is 11.8 Å². The number of aryl methyl sites for hydroxylation is 1. The number of halogens is 5. The Morgan fingerprint density at radius 2 is 0.949 bits per heavy atom. The second kappa shape index (κ2) is 30.6. The minimum atomic E-state index is -4.47. The third-order valence-corrected chi connectivity index (χ3v) is 11.3. The molecule has 494 valence electrons. The molecule has 4 rings (SSSR count). The molecule has 0 aliphatic rings. The van der Waals surface area contributed by atoms with E-state index in [0.29, 0.717) is 11.1 Å². The molecule has 4 atom stereocenters. The van der Waals surface area contributed by atoms with Crippen molar-refractivity contribution in [2.45, 2.75) is 172 Å². The van der Waals surface area contributed by atoms with Crippen LogP contribution in [0, 0.1) is 6.92 Å². The average molecular weight is 1250 g/mol. The quantitative estimate of drug-likeness (QED) is 0.0367. The number of aliphatic hydroxyl groups is 1. The summed E-state index contributed by atoms with van der Waals surface area (Å²) in [6.07, 6.45) is -5.06. The van der Waals surface area contributed by atoms with E-state index < -0.39 is 94.8 Å². The van der Waals surface area contributed by atoms with Gasteiger partial charge in [0, 0.05) is 131 Å². The maximum Gasteiger partial charge on any atom is 0.446 e. The molecule has 2 amide bonds. The van der Waals surface area contributed by atoms with Gasteiger partial charge in [0.05, 0.1) is 0 Å². The number of ether oxygens (including phenoxy) is 5. The van der Waals surface area contributed by atoms with Crippen molar-refractivity contribution >= 4 is 47.8 Å². The first-order valence-corrected chi connectivity index (χ1v) is 25.8. The fourth-order valence-corrected chi connectivity index (χ4v) is 7.26. The van der Waals surface area contributed by atoms with E-state index in [9.17, 15) is 55.8 Å². The molecule has 4 aromatic rings. The van der Waals surface area contributed by atoms with Crippen LogP contribution in [-0.4, -0.2) is 123 Å². The molecule has 0 unspecified atom stereocenters. The number of amides is 2. The third kappa shape index (κ3) is 29.2.